The first kappa shape index (κ1) is 20.3. The number of hydrogen-bond acceptors (Lipinski definition) is 3. The molecule has 0 aliphatic heterocycles. The summed E-state index contributed by atoms with van der Waals surface area (Å²) in [6.45, 7) is 6.05. The lowest BCUT2D eigenvalue weighted by atomic mass is 10.1. The lowest BCUT2D eigenvalue weighted by Crippen LogP contribution is -3.10. The van der Waals surface area contributed by atoms with Gasteiger partial charge < -0.3 is 15.0 Å². The third-order valence-corrected chi connectivity index (χ3v) is 3.59. The van der Waals surface area contributed by atoms with Crippen molar-refractivity contribution in [2.24, 2.45) is 5.92 Å². The van der Waals surface area contributed by atoms with E-state index in [1.807, 2.05) is 7.05 Å². The Balaban J connectivity index is 2.17. The van der Waals surface area contributed by atoms with Crippen LogP contribution in [0.1, 0.15) is 20.3 Å². The van der Waals surface area contributed by atoms with Gasteiger partial charge in [0, 0.05) is 11.6 Å². The predicted molar refractivity (Wildman–Crippen MR) is 94.6 cm³/mol. The van der Waals surface area contributed by atoms with Crippen molar-refractivity contribution in [3.05, 3.63) is 29.3 Å². The second-order valence-corrected chi connectivity index (χ2v) is 6.61. The van der Waals surface area contributed by atoms with Gasteiger partial charge >= 0.3 is 6.03 Å². The van der Waals surface area contributed by atoms with E-state index >= 15 is 0 Å². The van der Waals surface area contributed by atoms with Gasteiger partial charge in [-0.1, -0.05) is 25.4 Å². The molecule has 0 fully saturated rings. The van der Waals surface area contributed by atoms with Crippen LogP contribution in [0.2, 0.25) is 5.02 Å². The summed E-state index contributed by atoms with van der Waals surface area (Å²) in [7, 11) is 1.88. The first-order valence-electron chi connectivity index (χ1n) is 8.14. The number of amides is 3. The molecule has 0 saturated heterocycles. The molecule has 6 nitrogen and oxygen atoms in total. The van der Waals surface area contributed by atoms with Gasteiger partial charge in [0.25, 0.3) is 5.91 Å². The van der Waals surface area contributed by atoms with Crippen molar-refractivity contribution in [1.82, 2.24) is 10.6 Å². The van der Waals surface area contributed by atoms with Crippen molar-refractivity contribution in [3.8, 4) is 5.75 Å². The van der Waals surface area contributed by atoms with Crippen LogP contribution in [0.15, 0.2) is 24.3 Å². The Morgan fingerprint density at radius 2 is 1.92 bits per heavy atom. The number of hydrogen-bond donors (Lipinski definition) is 3. The highest BCUT2D eigenvalue weighted by Gasteiger charge is 2.13. The van der Waals surface area contributed by atoms with Crippen LogP contribution in [0, 0.1) is 5.92 Å². The van der Waals surface area contributed by atoms with Crippen LogP contribution in [0.4, 0.5) is 4.79 Å². The summed E-state index contributed by atoms with van der Waals surface area (Å²) in [6.07, 6.45) is 0.884. The van der Waals surface area contributed by atoms with Gasteiger partial charge in [-0.25, -0.2) is 4.79 Å². The zero-order valence-corrected chi connectivity index (χ0v) is 15.3. The molecule has 1 aromatic carbocycles. The monoisotopic (exact) mass is 356 g/mol. The number of carbonyl (C=O) groups excluding carboxylic acids is 2. The van der Waals surface area contributed by atoms with Crippen molar-refractivity contribution in [1.29, 1.82) is 0 Å². The third-order valence-electron chi connectivity index (χ3n) is 3.33. The van der Waals surface area contributed by atoms with E-state index in [2.05, 4.69) is 24.5 Å². The standard InChI is InChI=1S/C17H26ClN3O3/c1-13(2)8-9-19-17(23)20-16(22)12-21(3)10-11-24-15-6-4-14(18)5-7-15/h4-7,13H,8-12H2,1-3H3,(H2,19,20,22,23)/p+1. The summed E-state index contributed by atoms with van der Waals surface area (Å²) < 4.78 is 5.58. The molecule has 1 atom stereocenters. The van der Waals surface area contributed by atoms with Gasteiger partial charge in [0.1, 0.15) is 18.9 Å². The molecule has 0 aliphatic carbocycles. The maximum Gasteiger partial charge on any atom is 0.321 e. The number of nitrogens with one attached hydrogen (secondary N) is 3. The second kappa shape index (κ2) is 10.9. The third kappa shape index (κ3) is 9.37. The van der Waals surface area contributed by atoms with E-state index in [-0.39, 0.29) is 12.5 Å². The van der Waals surface area contributed by atoms with E-state index in [0.29, 0.717) is 30.6 Å². The molecule has 134 valence electrons. The minimum Gasteiger partial charge on any atom is -0.488 e. The molecule has 1 aromatic rings. The zero-order chi connectivity index (χ0) is 17.9. The maximum atomic E-state index is 11.8. The van der Waals surface area contributed by atoms with E-state index in [4.69, 9.17) is 16.3 Å². The summed E-state index contributed by atoms with van der Waals surface area (Å²) in [6, 6.07) is 6.68. The quantitative estimate of drug-likeness (QED) is 0.620. The van der Waals surface area contributed by atoms with Gasteiger partial charge in [0.2, 0.25) is 0 Å². The fourth-order valence-corrected chi connectivity index (χ4v) is 2.05. The van der Waals surface area contributed by atoms with Gasteiger partial charge in [0.05, 0.1) is 7.05 Å². The molecule has 3 N–H and O–H groups in total. The first-order valence-corrected chi connectivity index (χ1v) is 8.52. The lowest BCUT2D eigenvalue weighted by molar-refractivity contribution is -0.871. The summed E-state index contributed by atoms with van der Waals surface area (Å²) in [5, 5.41) is 5.67. The van der Waals surface area contributed by atoms with Gasteiger partial charge in [-0.2, -0.15) is 0 Å². The molecule has 7 heteroatoms. The number of likely N-dealkylation sites (N-methyl/N-ethyl adjacent to an activating group) is 1. The lowest BCUT2D eigenvalue weighted by Gasteiger charge is -2.14. The van der Waals surface area contributed by atoms with Crippen molar-refractivity contribution in [2.45, 2.75) is 20.3 Å². The number of quaternary nitrogens is 1. The van der Waals surface area contributed by atoms with Gasteiger partial charge in [-0.3, -0.25) is 10.1 Å². The topological polar surface area (TPSA) is 71.9 Å². The van der Waals surface area contributed by atoms with Crippen LogP contribution in [-0.4, -0.2) is 45.2 Å². The largest absolute Gasteiger partial charge is 0.488 e. The minimum atomic E-state index is -0.439. The van der Waals surface area contributed by atoms with Crippen LogP contribution < -0.4 is 20.3 Å². The van der Waals surface area contributed by atoms with E-state index in [1.165, 1.54) is 0 Å². The van der Waals surface area contributed by atoms with Crippen molar-refractivity contribution >= 4 is 23.5 Å². The highest BCUT2D eigenvalue weighted by Crippen LogP contribution is 2.14. The smallest absolute Gasteiger partial charge is 0.321 e. The molecule has 0 aliphatic rings. The Labute approximate surface area is 148 Å². The fourth-order valence-electron chi connectivity index (χ4n) is 1.93. The van der Waals surface area contributed by atoms with E-state index in [9.17, 15) is 9.59 Å². The molecule has 0 radical (unpaired) electrons. The van der Waals surface area contributed by atoms with Crippen LogP contribution in [0.5, 0.6) is 5.75 Å². The molecule has 0 aromatic heterocycles. The van der Waals surface area contributed by atoms with E-state index in [1.54, 1.807) is 24.3 Å². The van der Waals surface area contributed by atoms with Crippen LogP contribution in [0.3, 0.4) is 0 Å². The van der Waals surface area contributed by atoms with Gasteiger partial charge in [-0.05, 0) is 36.6 Å². The first-order chi connectivity index (χ1) is 11.4. The average Bonchev–Trinajstić information content (AvgIpc) is 2.48. The van der Waals surface area contributed by atoms with Crippen LogP contribution >= 0.6 is 11.6 Å². The van der Waals surface area contributed by atoms with Crippen molar-refractivity contribution in [3.63, 3.8) is 0 Å². The minimum absolute atomic E-state index is 0.210. The van der Waals surface area contributed by atoms with Crippen molar-refractivity contribution < 1.29 is 19.2 Å². The molecular weight excluding hydrogens is 330 g/mol. The molecule has 0 spiro atoms. The van der Waals surface area contributed by atoms with E-state index < -0.39 is 6.03 Å². The maximum absolute atomic E-state index is 11.8. The Bertz CT molecular complexity index is 520. The van der Waals surface area contributed by atoms with E-state index in [0.717, 1.165) is 17.1 Å². The highest BCUT2D eigenvalue weighted by atomic mass is 35.5. The molecular formula is C17H27ClN3O3+. The number of ether oxygens (including phenoxy) is 1. The number of urea groups is 1. The zero-order valence-electron chi connectivity index (χ0n) is 14.5. The van der Waals surface area contributed by atoms with Gasteiger partial charge in [-0.15, -0.1) is 0 Å². The number of halogens is 1. The number of imide groups is 1. The number of benzene rings is 1. The summed E-state index contributed by atoms with van der Waals surface area (Å²) in [4.78, 5) is 24.3. The summed E-state index contributed by atoms with van der Waals surface area (Å²) in [5.74, 6) is 0.944. The Morgan fingerprint density at radius 1 is 1.25 bits per heavy atom. The number of rotatable bonds is 9. The van der Waals surface area contributed by atoms with Crippen LogP contribution in [0.25, 0.3) is 0 Å². The van der Waals surface area contributed by atoms with Crippen molar-refractivity contribution in [2.75, 3.05) is 33.3 Å². The Morgan fingerprint density at radius 3 is 2.54 bits per heavy atom. The summed E-state index contributed by atoms with van der Waals surface area (Å²) >= 11 is 5.81. The predicted octanol–water partition coefficient (Wildman–Crippen LogP) is 1.11. The Hall–Kier alpha value is -1.79. The SMILES string of the molecule is CC(C)CCNC(=O)NC(=O)C[NH+](C)CCOc1ccc(Cl)cc1. The van der Waals surface area contributed by atoms with Gasteiger partial charge in [0.15, 0.2) is 6.54 Å². The van der Waals surface area contributed by atoms with Crippen LogP contribution in [-0.2, 0) is 4.79 Å². The summed E-state index contributed by atoms with van der Waals surface area (Å²) in [5.41, 5.74) is 0. The fraction of sp³-hybridized carbons (Fsp3) is 0.529. The molecule has 24 heavy (non-hydrogen) atoms. The molecule has 1 unspecified atom stereocenters. The number of carbonyl (C=O) groups is 2. The average molecular weight is 357 g/mol. The molecule has 0 saturated carbocycles. The molecule has 0 bridgehead atoms. The Kier molecular flexibility index (Phi) is 9.19. The highest BCUT2D eigenvalue weighted by molar-refractivity contribution is 6.30. The molecule has 0 heterocycles. The normalized spacial score (nSPS) is 11.9. The second-order valence-electron chi connectivity index (χ2n) is 6.17. The molecule has 1 rings (SSSR count). The molecule has 3 amide bonds.